The minimum Gasteiger partial charge on any atom is -0.387 e. The summed E-state index contributed by atoms with van der Waals surface area (Å²) in [6.07, 6.45) is 6.09. The number of piperazine rings is 1. The van der Waals surface area contributed by atoms with Gasteiger partial charge < -0.3 is 24.8 Å². The molecule has 1 aromatic heterocycles. The van der Waals surface area contributed by atoms with E-state index in [1.165, 1.54) is 0 Å². The third-order valence-electron chi connectivity index (χ3n) is 9.32. The Morgan fingerprint density at radius 1 is 0.923 bits per heavy atom. The van der Waals surface area contributed by atoms with Crippen LogP contribution in [0.4, 0.5) is 4.79 Å². The first-order valence-corrected chi connectivity index (χ1v) is 14.3. The van der Waals surface area contributed by atoms with Gasteiger partial charge >= 0.3 is 6.03 Å². The zero-order valence-corrected chi connectivity index (χ0v) is 22.5. The van der Waals surface area contributed by atoms with Gasteiger partial charge in [-0.3, -0.25) is 4.79 Å². The highest BCUT2D eigenvalue weighted by atomic mass is 16.3. The van der Waals surface area contributed by atoms with Crippen molar-refractivity contribution in [3.05, 3.63) is 94.9 Å². The van der Waals surface area contributed by atoms with E-state index >= 15 is 0 Å². The molecular weight excluding hydrogens is 488 g/mol. The van der Waals surface area contributed by atoms with Crippen LogP contribution in [-0.2, 0) is 6.54 Å². The maximum absolute atomic E-state index is 14.0. The first-order chi connectivity index (χ1) is 19.0. The van der Waals surface area contributed by atoms with Crippen LogP contribution in [0.1, 0.15) is 43.7 Å². The molecule has 1 saturated carbocycles. The number of pyridine rings is 1. The maximum Gasteiger partial charge on any atom is 0.320 e. The molecule has 3 aromatic rings. The Morgan fingerprint density at radius 3 is 2.36 bits per heavy atom. The van der Waals surface area contributed by atoms with E-state index in [9.17, 15) is 14.7 Å². The fourth-order valence-corrected chi connectivity index (χ4v) is 7.08. The summed E-state index contributed by atoms with van der Waals surface area (Å²) < 4.78 is 1.66. The number of nitrogens with zero attached hydrogens (tertiary/aromatic N) is 3. The summed E-state index contributed by atoms with van der Waals surface area (Å²) in [4.78, 5) is 31.1. The number of amides is 2. The van der Waals surface area contributed by atoms with Crippen molar-refractivity contribution in [3.8, 4) is 11.1 Å². The zero-order chi connectivity index (χ0) is 26.9. The van der Waals surface area contributed by atoms with Gasteiger partial charge in [-0.05, 0) is 42.0 Å². The van der Waals surface area contributed by atoms with Crippen LogP contribution >= 0.6 is 0 Å². The number of aliphatic hydroxyl groups is 1. The van der Waals surface area contributed by atoms with E-state index in [1.54, 1.807) is 10.6 Å². The first kappa shape index (κ1) is 25.8. The molecule has 2 N–H and O–H groups in total. The number of rotatable bonds is 4. The maximum atomic E-state index is 14.0. The molecule has 2 atom stereocenters. The highest BCUT2D eigenvalue weighted by Gasteiger charge is 2.56. The molecule has 7 nitrogen and oxygen atoms in total. The van der Waals surface area contributed by atoms with E-state index < -0.39 is 11.0 Å². The SMILES string of the molecule is O=C(N1CCC(O)(Cn2ccc(-c3ccccc3)cc2=O)C2(CCCC2)C1)N1CCNCC1c1ccccc1. The van der Waals surface area contributed by atoms with Crippen LogP contribution in [0.15, 0.2) is 83.8 Å². The quantitative estimate of drug-likeness (QED) is 0.532. The number of likely N-dealkylation sites (tertiary alicyclic amines) is 1. The number of carbonyl (C=O) groups is 1. The van der Waals surface area contributed by atoms with Crippen molar-refractivity contribution in [1.29, 1.82) is 0 Å². The molecule has 1 spiro atoms. The van der Waals surface area contributed by atoms with Crippen molar-refractivity contribution >= 4 is 6.03 Å². The molecule has 3 aliphatic rings. The number of hydrogen-bond donors (Lipinski definition) is 2. The van der Waals surface area contributed by atoms with Gasteiger partial charge in [0.2, 0.25) is 0 Å². The Labute approximate surface area is 230 Å². The molecule has 2 aromatic carbocycles. The predicted octanol–water partition coefficient (Wildman–Crippen LogP) is 4.28. The van der Waals surface area contributed by atoms with Gasteiger partial charge in [0.15, 0.2) is 0 Å². The lowest BCUT2D eigenvalue weighted by Crippen LogP contribution is -2.64. The summed E-state index contributed by atoms with van der Waals surface area (Å²) in [7, 11) is 0. The molecule has 1 aliphatic carbocycles. The summed E-state index contributed by atoms with van der Waals surface area (Å²) in [5.41, 5.74) is 1.46. The van der Waals surface area contributed by atoms with Gasteiger partial charge in [0.1, 0.15) is 0 Å². The lowest BCUT2D eigenvalue weighted by atomic mass is 9.66. The smallest absolute Gasteiger partial charge is 0.320 e. The molecule has 2 amide bonds. The van der Waals surface area contributed by atoms with E-state index in [0.29, 0.717) is 26.1 Å². The van der Waals surface area contributed by atoms with Crippen LogP contribution in [0.3, 0.4) is 0 Å². The average Bonchev–Trinajstić information content (AvgIpc) is 3.46. The van der Waals surface area contributed by atoms with Crippen LogP contribution in [0, 0.1) is 5.41 Å². The van der Waals surface area contributed by atoms with Gasteiger partial charge in [0.25, 0.3) is 5.56 Å². The Hall–Kier alpha value is -3.42. The first-order valence-electron chi connectivity index (χ1n) is 14.3. The van der Waals surface area contributed by atoms with E-state index in [-0.39, 0.29) is 24.2 Å². The van der Waals surface area contributed by atoms with Gasteiger partial charge in [-0.25, -0.2) is 4.79 Å². The van der Waals surface area contributed by atoms with Crippen LogP contribution in [0.2, 0.25) is 0 Å². The van der Waals surface area contributed by atoms with Gasteiger partial charge in [-0.2, -0.15) is 0 Å². The summed E-state index contributed by atoms with van der Waals surface area (Å²) in [5.74, 6) is 0. The normalized spacial score (nSPS) is 24.7. The Bertz CT molecular complexity index is 1350. The second-order valence-electron chi connectivity index (χ2n) is 11.5. The van der Waals surface area contributed by atoms with Crippen LogP contribution in [0.5, 0.6) is 0 Å². The highest BCUT2D eigenvalue weighted by Crippen LogP contribution is 2.51. The van der Waals surface area contributed by atoms with Gasteiger partial charge in [0, 0.05) is 50.4 Å². The van der Waals surface area contributed by atoms with Crippen LogP contribution < -0.4 is 10.9 Å². The van der Waals surface area contributed by atoms with Crippen molar-refractivity contribution < 1.29 is 9.90 Å². The Balaban J connectivity index is 1.23. The summed E-state index contributed by atoms with van der Waals surface area (Å²) in [5, 5.41) is 15.6. The second kappa shape index (κ2) is 10.6. The molecule has 0 radical (unpaired) electrons. The van der Waals surface area contributed by atoms with Crippen LogP contribution in [0.25, 0.3) is 11.1 Å². The van der Waals surface area contributed by atoms with Crippen molar-refractivity contribution in [1.82, 2.24) is 19.7 Å². The molecule has 2 unspecified atom stereocenters. The standard InChI is InChI=1S/C32H38N4O3/c37-29-21-27(25-9-3-1-4-10-25)13-18-34(29)24-32(39)16-19-35(23-31(32)14-7-8-15-31)30(38)36-20-17-33-22-28(36)26-11-5-2-6-12-26/h1-6,9-13,18,21,28,33,39H,7-8,14-17,19-20,22-24H2. The van der Waals surface area contributed by atoms with E-state index in [1.807, 2.05) is 70.6 Å². The molecule has 39 heavy (non-hydrogen) atoms. The van der Waals surface area contributed by atoms with Crippen LogP contribution in [-0.4, -0.2) is 63.8 Å². The molecule has 7 heteroatoms. The second-order valence-corrected chi connectivity index (χ2v) is 11.5. The largest absolute Gasteiger partial charge is 0.387 e. The zero-order valence-electron chi connectivity index (χ0n) is 22.5. The summed E-state index contributed by atoms with van der Waals surface area (Å²) in [6, 6.07) is 23.8. The minimum absolute atomic E-state index is 0.00510. The monoisotopic (exact) mass is 526 g/mol. The van der Waals surface area contributed by atoms with Gasteiger partial charge in [0.05, 0.1) is 18.2 Å². The number of urea groups is 1. The summed E-state index contributed by atoms with van der Waals surface area (Å²) >= 11 is 0. The van der Waals surface area contributed by atoms with Crippen molar-refractivity contribution in [2.45, 2.75) is 50.3 Å². The third kappa shape index (κ3) is 4.90. The number of benzene rings is 2. The number of hydrogen-bond acceptors (Lipinski definition) is 4. The van der Waals surface area contributed by atoms with E-state index in [2.05, 4.69) is 17.4 Å². The number of carbonyl (C=O) groups excluding carboxylic acids is 1. The van der Waals surface area contributed by atoms with Crippen molar-refractivity contribution in [3.63, 3.8) is 0 Å². The molecule has 2 aliphatic heterocycles. The topological polar surface area (TPSA) is 77.8 Å². The predicted molar refractivity (Wildman–Crippen MR) is 152 cm³/mol. The number of aromatic nitrogens is 1. The van der Waals surface area contributed by atoms with Crippen molar-refractivity contribution in [2.75, 3.05) is 32.7 Å². The fraction of sp³-hybridized carbons (Fsp3) is 0.438. The van der Waals surface area contributed by atoms with Gasteiger partial charge in [-0.1, -0.05) is 73.5 Å². The fourth-order valence-electron chi connectivity index (χ4n) is 7.08. The lowest BCUT2D eigenvalue weighted by molar-refractivity contribution is -0.136. The molecular formula is C32H38N4O3. The van der Waals surface area contributed by atoms with E-state index in [0.717, 1.165) is 55.5 Å². The molecule has 204 valence electrons. The third-order valence-corrected chi connectivity index (χ3v) is 9.32. The average molecular weight is 527 g/mol. The Morgan fingerprint density at radius 2 is 1.64 bits per heavy atom. The molecule has 6 rings (SSSR count). The lowest BCUT2D eigenvalue weighted by Gasteiger charge is -2.53. The number of nitrogens with one attached hydrogen (secondary N) is 1. The summed E-state index contributed by atoms with van der Waals surface area (Å²) in [6.45, 7) is 3.45. The molecule has 2 saturated heterocycles. The Kier molecular flexibility index (Phi) is 7.04. The molecule has 3 fully saturated rings. The minimum atomic E-state index is -1.04. The number of piperidine rings is 1. The highest BCUT2D eigenvalue weighted by molar-refractivity contribution is 5.75. The van der Waals surface area contributed by atoms with Crippen molar-refractivity contribution in [2.24, 2.45) is 5.41 Å². The molecule has 3 heterocycles. The molecule has 0 bridgehead atoms. The van der Waals surface area contributed by atoms with Gasteiger partial charge in [-0.15, -0.1) is 0 Å². The van der Waals surface area contributed by atoms with E-state index in [4.69, 9.17) is 0 Å².